The summed E-state index contributed by atoms with van der Waals surface area (Å²) in [5.41, 5.74) is 4.56. The van der Waals surface area contributed by atoms with Gasteiger partial charge in [-0.3, -0.25) is 4.90 Å². The van der Waals surface area contributed by atoms with E-state index in [1.165, 1.54) is 5.56 Å². The van der Waals surface area contributed by atoms with Gasteiger partial charge in [-0.15, -0.1) is 0 Å². The molecule has 2 unspecified atom stereocenters. The van der Waals surface area contributed by atoms with Crippen LogP contribution in [-0.2, 0) is 4.74 Å². The van der Waals surface area contributed by atoms with E-state index < -0.39 is 6.10 Å². The van der Waals surface area contributed by atoms with Gasteiger partial charge in [0.05, 0.1) is 25.5 Å². The van der Waals surface area contributed by atoms with Crippen LogP contribution in [0, 0.1) is 6.92 Å². The van der Waals surface area contributed by atoms with E-state index in [9.17, 15) is 5.11 Å². The molecule has 33 heavy (non-hydrogen) atoms. The number of aryl methyl sites for hydroxylation is 1. The molecule has 5 nitrogen and oxygen atoms in total. The number of aliphatic hydroxyl groups is 1. The number of benzene rings is 3. The number of nitrogens with zero attached hydrogens (tertiary/aromatic N) is 2. The van der Waals surface area contributed by atoms with Crippen molar-refractivity contribution in [3.8, 4) is 5.75 Å². The van der Waals surface area contributed by atoms with Crippen molar-refractivity contribution in [3.63, 3.8) is 0 Å². The summed E-state index contributed by atoms with van der Waals surface area (Å²) >= 11 is 0. The molecule has 1 aliphatic heterocycles. The third-order valence-electron chi connectivity index (χ3n) is 6.30. The first kappa shape index (κ1) is 23.3. The van der Waals surface area contributed by atoms with E-state index in [-0.39, 0.29) is 6.10 Å². The van der Waals surface area contributed by atoms with Gasteiger partial charge in [-0.25, -0.2) is 0 Å². The van der Waals surface area contributed by atoms with Crippen molar-refractivity contribution in [2.24, 2.45) is 0 Å². The van der Waals surface area contributed by atoms with Gasteiger partial charge in [0, 0.05) is 32.7 Å². The van der Waals surface area contributed by atoms with Gasteiger partial charge < -0.3 is 19.5 Å². The highest BCUT2D eigenvalue weighted by molar-refractivity contribution is 5.58. The van der Waals surface area contributed by atoms with E-state index in [1.54, 1.807) is 7.11 Å². The maximum Gasteiger partial charge on any atom is 0.142 e. The molecular formula is C28H34N2O3. The lowest BCUT2D eigenvalue weighted by molar-refractivity contribution is -0.00911. The van der Waals surface area contributed by atoms with Gasteiger partial charge in [-0.2, -0.15) is 0 Å². The average Bonchev–Trinajstić information content (AvgIpc) is 2.86. The Morgan fingerprint density at radius 1 is 0.848 bits per heavy atom. The second-order valence-electron chi connectivity index (χ2n) is 8.59. The van der Waals surface area contributed by atoms with Crippen LogP contribution < -0.4 is 9.64 Å². The molecule has 0 spiro atoms. The van der Waals surface area contributed by atoms with Crippen LogP contribution in [-0.4, -0.2) is 62.6 Å². The summed E-state index contributed by atoms with van der Waals surface area (Å²) in [7, 11) is 1.71. The van der Waals surface area contributed by atoms with E-state index in [4.69, 9.17) is 9.47 Å². The monoisotopic (exact) mass is 446 g/mol. The summed E-state index contributed by atoms with van der Waals surface area (Å²) in [6.07, 6.45) is -0.734. The van der Waals surface area contributed by atoms with Crippen LogP contribution >= 0.6 is 0 Å². The first-order valence-electron chi connectivity index (χ1n) is 11.7. The molecule has 5 heteroatoms. The number of β-amino-alcohol motifs (C(OH)–C–C–N with tert-alkyl or cyclic N) is 1. The molecule has 1 N–H and O–H groups in total. The average molecular weight is 447 g/mol. The van der Waals surface area contributed by atoms with Gasteiger partial charge in [-0.05, 0) is 35.7 Å². The molecule has 174 valence electrons. The molecule has 0 aliphatic carbocycles. The maximum absolute atomic E-state index is 10.8. The van der Waals surface area contributed by atoms with Crippen molar-refractivity contribution in [2.45, 2.75) is 19.1 Å². The molecule has 1 aliphatic rings. The lowest BCUT2D eigenvalue weighted by Gasteiger charge is -2.37. The molecule has 0 radical (unpaired) electrons. The van der Waals surface area contributed by atoms with Crippen molar-refractivity contribution >= 4 is 5.69 Å². The highest BCUT2D eigenvalue weighted by atomic mass is 16.5. The molecule has 0 amide bonds. The minimum Gasteiger partial charge on any atom is -0.495 e. The number of hydrogen-bond donors (Lipinski definition) is 1. The van der Waals surface area contributed by atoms with Crippen molar-refractivity contribution in [3.05, 3.63) is 95.6 Å². The first-order chi connectivity index (χ1) is 16.2. The number of anilines is 1. The minimum atomic E-state index is -0.543. The van der Waals surface area contributed by atoms with E-state index >= 15 is 0 Å². The molecule has 0 bridgehead atoms. The molecule has 1 saturated heterocycles. The number of piperazine rings is 1. The summed E-state index contributed by atoms with van der Waals surface area (Å²) < 4.78 is 11.8. The molecule has 1 heterocycles. The lowest BCUT2D eigenvalue weighted by atomic mass is 9.97. The third kappa shape index (κ3) is 5.93. The smallest absolute Gasteiger partial charge is 0.142 e. The van der Waals surface area contributed by atoms with Crippen LogP contribution in [0.5, 0.6) is 5.75 Å². The Bertz CT molecular complexity index is 1000. The molecule has 3 aromatic carbocycles. The van der Waals surface area contributed by atoms with Crippen LogP contribution in [0.3, 0.4) is 0 Å². The van der Waals surface area contributed by atoms with Gasteiger partial charge in [0.2, 0.25) is 0 Å². The van der Waals surface area contributed by atoms with E-state index in [2.05, 4.69) is 47.1 Å². The Hall–Kier alpha value is -2.86. The second-order valence-corrected chi connectivity index (χ2v) is 8.59. The van der Waals surface area contributed by atoms with Gasteiger partial charge in [0.25, 0.3) is 0 Å². The zero-order chi connectivity index (χ0) is 23.0. The number of methoxy groups -OCH3 is 1. The Labute approximate surface area is 197 Å². The first-order valence-corrected chi connectivity index (χ1v) is 11.7. The highest BCUT2D eigenvalue weighted by Crippen LogP contribution is 2.30. The highest BCUT2D eigenvalue weighted by Gasteiger charge is 2.23. The minimum absolute atomic E-state index is 0.190. The molecule has 4 rings (SSSR count). The predicted molar refractivity (Wildman–Crippen MR) is 133 cm³/mol. The van der Waals surface area contributed by atoms with Crippen molar-refractivity contribution in [1.29, 1.82) is 0 Å². The summed E-state index contributed by atoms with van der Waals surface area (Å²) in [6.45, 7) is 6.61. The zero-order valence-electron chi connectivity index (χ0n) is 19.6. The number of ether oxygens (including phenoxy) is 2. The third-order valence-corrected chi connectivity index (χ3v) is 6.30. The Kier molecular flexibility index (Phi) is 8.00. The topological polar surface area (TPSA) is 45.2 Å². The van der Waals surface area contributed by atoms with Gasteiger partial charge in [0.15, 0.2) is 0 Å². The molecule has 3 aromatic rings. The SMILES string of the molecule is COc1ccccc1N1CCN(CC(O)COC(c2ccccc2)c2ccccc2C)CC1. The quantitative estimate of drug-likeness (QED) is 0.531. The van der Waals surface area contributed by atoms with E-state index in [0.29, 0.717) is 13.2 Å². The molecule has 0 aromatic heterocycles. The normalized spacial score (nSPS) is 16.4. The lowest BCUT2D eigenvalue weighted by Crippen LogP contribution is -2.49. The van der Waals surface area contributed by atoms with Gasteiger partial charge in [-0.1, -0.05) is 66.7 Å². The number of hydrogen-bond acceptors (Lipinski definition) is 5. The van der Waals surface area contributed by atoms with Crippen LogP contribution in [0.1, 0.15) is 22.8 Å². The number of para-hydroxylation sites is 2. The van der Waals surface area contributed by atoms with Crippen molar-refractivity contribution in [1.82, 2.24) is 4.90 Å². The molecule has 0 saturated carbocycles. The fourth-order valence-corrected chi connectivity index (χ4v) is 4.49. The van der Waals surface area contributed by atoms with Crippen molar-refractivity contribution < 1.29 is 14.6 Å². The largest absolute Gasteiger partial charge is 0.495 e. The van der Waals surface area contributed by atoms with Crippen LogP contribution in [0.15, 0.2) is 78.9 Å². The van der Waals surface area contributed by atoms with Crippen LogP contribution in [0.25, 0.3) is 0 Å². The molecule has 1 fully saturated rings. The summed E-state index contributed by atoms with van der Waals surface area (Å²) in [5, 5.41) is 10.8. The Balaban J connectivity index is 1.33. The van der Waals surface area contributed by atoms with Gasteiger partial charge >= 0.3 is 0 Å². The fraction of sp³-hybridized carbons (Fsp3) is 0.357. The Morgan fingerprint density at radius 3 is 2.24 bits per heavy atom. The van der Waals surface area contributed by atoms with Crippen molar-refractivity contribution in [2.75, 3.05) is 51.3 Å². The van der Waals surface area contributed by atoms with Crippen LogP contribution in [0.4, 0.5) is 5.69 Å². The Morgan fingerprint density at radius 2 is 1.52 bits per heavy atom. The summed E-state index contributed by atoms with van der Waals surface area (Å²) in [6, 6.07) is 26.7. The van der Waals surface area contributed by atoms with Gasteiger partial charge in [0.1, 0.15) is 11.9 Å². The second kappa shape index (κ2) is 11.3. The zero-order valence-corrected chi connectivity index (χ0v) is 19.6. The maximum atomic E-state index is 10.8. The standard InChI is InChI=1S/C28H34N2O3/c1-22-10-6-7-13-25(22)28(23-11-4-3-5-12-23)33-21-24(31)20-29-16-18-30(19-17-29)26-14-8-9-15-27(26)32-2/h3-15,24,28,31H,16-21H2,1-2H3. The summed E-state index contributed by atoms with van der Waals surface area (Å²) in [5.74, 6) is 0.905. The molecular weight excluding hydrogens is 412 g/mol. The van der Waals surface area contributed by atoms with Crippen LogP contribution in [0.2, 0.25) is 0 Å². The fourth-order valence-electron chi connectivity index (χ4n) is 4.49. The van der Waals surface area contributed by atoms with E-state index in [1.807, 2.05) is 48.5 Å². The summed E-state index contributed by atoms with van der Waals surface area (Å²) in [4.78, 5) is 4.66. The predicted octanol–water partition coefficient (Wildman–Crippen LogP) is 4.29. The number of rotatable bonds is 9. The molecule has 2 atom stereocenters. The number of aliphatic hydroxyl groups excluding tert-OH is 1. The van der Waals surface area contributed by atoms with E-state index in [0.717, 1.165) is 48.7 Å².